The van der Waals surface area contributed by atoms with E-state index < -0.39 is 8.07 Å². The van der Waals surface area contributed by atoms with Crippen molar-refractivity contribution in [1.29, 1.82) is 0 Å². The molecule has 0 radical (unpaired) electrons. The highest BCUT2D eigenvalue weighted by molar-refractivity contribution is 7.83. The van der Waals surface area contributed by atoms with E-state index in [-0.39, 0.29) is 5.60 Å². The third-order valence-electron chi connectivity index (χ3n) is 2.60. The minimum atomic E-state index is -1.31. The number of para-hydroxylation sites is 1. The number of rotatable bonds is 4. The first-order chi connectivity index (χ1) is 7.23. The molecule has 0 spiro atoms. The first-order valence-corrected chi connectivity index (χ1v) is 9.75. The maximum atomic E-state index is 6.05. The summed E-state index contributed by atoms with van der Waals surface area (Å²) in [5, 5.41) is 0. The van der Waals surface area contributed by atoms with Crippen LogP contribution >= 0.6 is 12.6 Å². The lowest BCUT2D eigenvalue weighted by Gasteiger charge is -2.38. The molecule has 0 saturated heterocycles. The summed E-state index contributed by atoms with van der Waals surface area (Å²) in [5.41, 5.74) is -0.227. The summed E-state index contributed by atoms with van der Waals surface area (Å²) in [5.74, 6) is 0.921. The van der Waals surface area contributed by atoms with Gasteiger partial charge in [0.15, 0.2) is 0 Å². The molecule has 0 fully saturated rings. The number of benzene rings is 1. The number of hydrogen-bond acceptors (Lipinski definition) is 2. The van der Waals surface area contributed by atoms with Crippen LogP contribution in [-0.2, 0) is 0 Å². The monoisotopic (exact) mass is 254 g/mol. The molecule has 0 saturated carbocycles. The minimum absolute atomic E-state index is 0.227. The summed E-state index contributed by atoms with van der Waals surface area (Å²) >= 11 is 4.76. The summed E-state index contributed by atoms with van der Waals surface area (Å²) in [4.78, 5) is 0.306. The van der Waals surface area contributed by atoms with Gasteiger partial charge in [-0.25, -0.2) is 0 Å². The highest BCUT2D eigenvalue weighted by Gasteiger charge is 2.38. The molecule has 0 amide bonds. The molecule has 1 aromatic rings. The Morgan fingerprint density at radius 1 is 1.12 bits per heavy atom. The van der Waals surface area contributed by atoms with Crippen LogP contribution in [0.4, 0.5) is 0 Å². The predicted molar refractivity (Wildman–Crippen MR) is 77.3 cm³/mol. The maximum absolute atomic E-state index is 6.05. The smallest absolute Gasteiger partial charge is 0.120 e. The Morgan fingerprint density at radius 3 is 2.06 bits per heavy atom. The summed E-state index contributed by atoms with van der Waals surface area (Å²) in [7, 11) is -1.31. The van der Waals surface area contributed by atoms with E-state index >= 15 is 0 Å². The van der Waals surface area contributed by atoms with Crippen molar-refractivity contribution in [3.05, 3.63) is 30.3 Å². The van der Waals surface area contributed by atoms with Gasteiger partial charge in [-0.3, -0.25) is 0 Å². The van der Waals surface area contributed by atoms with Gasteiger partial charge in [-0.1, -0.05) is 37.8 Å². The van der Waals surface area contributed by atoms with Crippen LogP contribution in [0.1, 0.15) is 13.8 Å². The van der Waals surface area contributed by atoms with Gasteiger partial charge < -0.3 is 4.74 Å². The van der Waals surface area contributed by atoms with Crippen molar-refractivity contribution in [2.75, 3.05) is 0 Å². The highest BCUT2D eigenvalue weighted by Crippen LogP contribution is 2.29. The van der Waals surface area contributed by atoms with Crippen molar-refractivity contribution in [2.24, 2.45) is 0 Å². The molecule has 1 atom stereocenters. The van der Waals surface area contributed by atoms with Gasteiger partial charge in [-0.2, -0.15) is 12.6 Å². The maximum Gasteiger partial charge on any atom is 0.120 e. The van der Waals surface area contributed by atoms with Crippen LogP contribution in [0.5, 0.6) is 5.75 Å². The lowest BCUT2D eigenvalue weighted by Crippen LogP contribution is -2.51. The van der Waals surface area contributed by atoms with E-state index in [4.69, 9.17) is 17.4 Å². The molecule has 0 aliphatic rings. The standard InChI is InChI=1S/C13H22OSSi/c1-13(2,12(15)16(3,4)5)14-11-9-7-6-8-10-11/h6-10,12,15H,1-5H3. The van der Waals surface area contributed by atoms with Crippen molar-refractivity contribution >= 4 is 20.7 Å². The Labute approximate surface area is 106 Å². The van der Waals surface area contributed by atoms with Gasteiger partial charge in [0.25, 0.3) is 0 Å². The van der Waals surface area contributed by atoms with E-state index in [0.717, 1.165) is 5.75 Å². The Morgan fingerprint density at radius 2 is 1.62 bits per heavy atom. The molecule has 0 N–H and O–H groups in total. The fourth-order valence-electron chi connectivity index (χ4n) is 1.89. The van der Waals surface area contributed by atoms with Crippen molar-refractivity contribution in [1.82, 2.24) is 0 Å². The van der Waals surface area contributed by atoms with E-state index in [1.54, 1.807) is 0 Å². The average molecular weight is 254 g/mol. The fraction of sp³-hybridized carbons (Fsp3) is 0.538. The molecule has 0 aliphatic carbocycles. The molecule has 0 aliphatic heterocycles. The topological polar surface area (TPSA) is 9.23 Å². The Bertz CT molecular complexity index is 330. The zero-order chi connectivity index (χ0) is 12.4. The Kier molecular flexibility index (Phi) is 4.13. The third-order valence-corrected chi connectivity index (χ3v) is 7.88. The van der Waals surface area contributed by atoms with Crippen molar-refractivity contribution < 1.29 is 4.74 Å². The lowest BCUT2D eigenvalue weighted by molar-refractivity contribution is 0.124. The first kappa shape index (κ1) is 13.7. The zero-order valence-corrected chi connectivity index (χ0v) is 12.7. The summed E-state index contributed by atoms with van der Waals surface area (Å²) in [6.45, 7) is 11.2. The van der Waals surface area contributed by atoms with Crippen LogP contribution < -0.4 is 4.74 Å². The van der Waals surface area contributed by atoms with Gasteiger partial charge in [-0.15, -0.1) is 0 Å². The van der Waals surface area contributed by atoms with Gasteiger partial charge >= 0.3 is 0 Å². The molecular weight excluding hydrogens is 232 g/mol. The molecule has 90 valence electrons. The predicted octanol–water partition coefficient (Wildman–Crippen LogP) is 4.02. The van der Waals surface area contributed by atoms with Crippen LogP contribution in [0.15, 0.2) is 30.3 Å². The lowest BCUT2D eigenvalue weighted by atomic mass is 10.2. The number of ether oxygens (including phenoxy) is 1. The van der Waals surface area contributed by atoms with Crippen LogP contribution in [-0.4, -0.2) is 18.5 Å². The van der Waals surface area contributed by atoms with Crippen LogP contribution in [0.3, 0.4) is 0 Å². The average Bonchev–Trinajstić information content (AvgIpc) is 2.16. The quantitative estimate of drug-likeness (QED) is 0.631. The second-order valence-electron chi connectivity index (χ2n) is 5.79. The molecule has 3 heteroatoms. The normalized spacial score (nSPS) is 14.6. The molecule has 0 heterocycles. The van der Waals surface area contributed by atoms with Crippen LogP contribution in [0, 0.1) is 0 Å². The number of hydrogen-bond donors (Lipinski definition) is 1. The minimum Gasteiger partial charge on any atom is -0.487 e. The fourth-order valence-corrected chi connectivity index (χ4v) is 4.09. The Hall–Kier alpha value is -0.413. The molecule has 1 unspecified atom stereocenters. The molecular formula is C13H22OSSi. The Balaban J connectivity index is 2.80. The van der Waals surface area contributed by atoms with E-state index in [0.29, 0.717) is 4.87 Å². The third kappa shape index (κ3) is 3.56. The summed E-state index contributed by atoms with van der Waals surface area (Å²) in [6.07, 6.45) is 0. The van der Waals surface area contributed by atoms with Gasteiger partial charge in [0, 0.05) is 4.87 Å². The molecule has 1 rings (SSSR count). The second kappa shape index (κ2) is 4.84. The van der Waals surface area contributed by atoms with Gasteiger partial charge in [-0.05, 0) is 26.0 Å². The van der Waals surface area contributed by atoms with Crippen molar-refractivity contribution in [3.8, 4) is 5.75 Å². The first-order valence-electron chi connectivity index (χ1n) is 5.65. The van der Waals surface area contributed by atoms with Gasteiger partial charge in [0.05, 0.1) is 8.07 Å². The summed E-state index contributed by atoms with van der Waals surface area (Å²) < 4.78 is 6.05. The molecule has 0 aromatic heterocycles. The van der Waals surface area contributed by atoms with Crippen LogP contribution in [0.25, 0.3) is 0 Å². The molecule has 1 aromatic carbocycles. The second-order valence-corrected chi connectivity index (χ2v) is 12.1. The summed E-state index contributed by atoms with van der Waals surface area (Å²) in [6, 6.07) is 9.97. The van der Waals surface area contributed by atoms with Gasteiger partial charge in [0.1, 0.15) is 11.4 Å². The zero-order valence-electron chi connectivity index (χ0n) is 10.8. The van der Waals surface area contributed by atoms with E-state index in [9.17, 15) is 0 Å². The van der Waals surface area contributed by atoms with E-state index in [2.05, 4.69) is 33.5 Å². The molecule has 0 bridgehead atoms. The molecule has 1 nitrogen and oxygen atoms in total. The highest BCUT2D eigenvalue weighted by atomic mass is 32.1. The van der Waals surface area contributed by atoms with E-state index in [1.165, 1.54) is 0 Å². The SMILES string of the molecule is CC(C)(Oc1ccccc1)C(S)[Si](C)(C)C. The van der Waals surface area contributed by atoms with Crippen LogP contribution in [0.2, 0.25) is 19.6 Å². The van der Waals surface area contributed by atoms with E-state index in [1.807, 2.05) is 30.3 Å². The molecule has 16 heavy (non-hydrogen) atoms. The van der Waals surface area contributed by atoms with Crippen molar-refractivity contribution in [2.45, 2.75) is 44.0 Å². The largest absolute Gasteiger partial charge is 0.487 e. The van der Waals surface area contributed by atoms with Gasteiger partial charge in [0.2, 0.25) is 0 Å². The van der Waals surface area contributed by atoms with Crippen molar-refractivity contribution in [3.63, 3.8) is 0 Å². The number of thiol groups is 1.